The lowest BCUT2D eigenvalue weighted by molar-refractivity contribution is 0.941. The van der Waals surface area contributed by atoms with Crippen molar-refractivity contribution in [1.82, 2.24) is 0 Å². The first-order chi connectivity index (χ1) is 8.70. The van der Waals surface area contributed by atoms with Crippen LogP contribution in [-0.4, -0.2) is 6.54 Å². The first-order valence-corrected chi connectivity index (χ1v) is 7.07. The number of hydrogen-bond acceptors (Lipinski definition) is 2. The van der Waals surface area contributed by atoms with Gasteiger partial charge in [-0.1, -0.05) is 36.4 Å². The normalized spacial score (nSPS) is 12.4. The summed E-state index contributed by atoms with van der Waals surface area (Å²) in [5.41, 5.74) is 9.87. The van der Waals surface area contributed by atoms with Crippen molar-refractivity contribution in [3.63, 3.8) is 0 Å². The Morgan fingerprint density at radius 2 is 1.72 bits per heavy atom. The molecule has 2 aromatic carbocycles. The minimum Gasteiger partial charge on any atom is -0.329 e. The van der Waals surface area contributed by atoms with E-state index in [0.29, 0.717) is 11.8 Å². The Bertz CT molecular complexity index is 508. The molecule has 1 unspecified atom stereocenters. The highest BCUT2D eigenvalue weighted by atomic mass is 32.2. The van der Waals surface area contributed by atoms with Gasteiger partial charge >= 0.3 is 0 Å². The molecule has 0 aliphatic carbocycles. The van der Waals surface area contributed by atoms with Gasteiger partial charge in [0.2, 0.25) is 0 Å². The molecule has 1 atom stereocenters. The third kappa shape index (κ3) is 3.15. The van der Waals surface area contributed by atoms with Gasteiger partial charge in [-0.05, 0) is 42.7 Å². The van der Waals surface area contributed by atoms with Crippen LogP contribution in [0.3, 0.4) is 0 Å². The van der Waals surface area contributed by atoms with Crippen LogP contribution in [0, 0.1) is 13.8 Å². The summed E-state index contributed by atoms with van der Waals surface area (Å²) in [6, 6.07) is 17.1. The minimum absolute atomic E-state index is 0.327. The Labute approximate surface area is 113 Å². The van der Waals surface area contributed by atoms with Gasteiger partial charge < -0.3 is 5.73 Å². The number of hydrogen-bond donors (Lipinski definition) is 1. The first kappa shape index (κ1) is 13.2. The van der Waals surface area contributed by atoms with E-state index in [9.17, 15) is 0 Å². The maximum Gasteiger partial charge on any atom is 0.0466 e. The summed E-state index contributed by atoms with van der Waals surface area (Å²) in [6.45, 7) is 4.95. The van der Waals surface area contributed by atoms with E-state index in [1.54, 1.807) is 0 Å². The van der Waals surface area contributed by atoms with Crippen molar-refractivity contribution >= 4 is 11.8 Å². The molecule has 0 bridgehead atoms. The number of nitrogens with two attached hydrogens (primary N) is 1. The molecular formula is C16H19NS. The van der Waals surface area contributed by atoms with E-state index in [-0.39, 0.29) is 0 Å². The predicted molar refractivity (Wildman–Crippen MR) is 80.0 cm³/mol. The lowest BCUT2D eigenvalue weighted by Crippen LogP contribution is -2.09. The lowest BCUT2D eigenvalue weighted by Gasteiger charge is -2.15. The van der Waals surface area contributed by atoms with Crippen LogP contribution in [0.25, 0.3) is 0 Å². The van der Waals surface area contributed by atoms with Gasteiger partial charge in [0.25, 0.3) is 0 Å². The fourth-order valence-electron chi connectivity index (χ4n) is 1.87. The maximum atomic E-state index is 5.90. The molecule has 2 heteroatoms. The molecule has 0 aromatic heterocycles. The molecule has 0 radical (unpaired) electrons. The summed E-state index contributed by atoms with van der Waals surface area (Å²) in [4.78, 5) is 1.29. The Morgan fingerprint density at radius 1 is 1.00 bits per heavy atom. The molecule has 2 N–H and O–H groups in total. The molecule has 0 heterocycles. The monoisotopic (exact) mass is 257 g/mol. The zero-order chi connectivity index (χ0) is 13.0. The van der Waals surface area contributed by atoms with Gasteiger partial charge in [0.15, 0.2) is 0 Å². The van der Waals surface area contributed by atoms with Crippen LogP contribution in [0.15, 0.2) is 53.4 Å². The minimum atomic E-state index is 0.327. The molecule has 2 rings (SSSR count). The highest BCUT2D eigenvalue weighted by Crippen LogP contribution is 2.34. The topological polar surface area (TPSA) is 26.0 Å². The molecule has 0 saturated carbocycles. The summed E-state index contributed by atoms with van der Waals surface area (Å²) >= 11 is 1.84. The Hall–Kier alpha value is -1.25. The van der Waals surface area contributed by atoms with Gasteiger partial charge in [0.05, 0.1) is 0 Å². The van der Waals surface area contributed by atoms with Crippen molar-refractivity contribution in [3.05, 3.63) is 65.2 Å². The standard InChI is InChI=1S/C16H19NS/c1-12-8-9-15(10-13(12)2)18-16(11-17)14-6-4-3-5-7-14/h3-10,16H,11,17H2,1-2H3. The predicted octanol–water partition coefficient (Wildman–Crippen LogP) is 4.10. The molecule has 0 saturated heterocycles. The largest absolute Gasteiger partial charge is 0.329 e. The molecule has 0 aliphatic rings. The first-order valence-electron chi connectivity index (χ1n) is 6.19. The van der Waals surface area contributed by atoms with Crippen LogP contribution < -0.4 is 5.73 Å². The van der Waals surface area contributed by atoms with Gasteiger partial charge in [-0.15, -0.1) is 11.8 Å². The van der Waals surface area contributed by atoms with Crippen LogP contribution in [0.5, 0.6) is 0 Å². The number of rotatable bonds is 4. The second kappa shape index (κ2) is 6.07. The van der Waals surface area contributed by atoms with Crippen molar-refractivity contribution in [1.29, 1.82) is 0 Å². The SMILES string of the molecule is Cc1ccc(SC(CN)c2ccccc2)cc1C. The van der Waals surface area contributed by atoms with E-state index >= 15 is 0 Å². The molecule has 1 nitrogen and oxygen atoms in total. The molecule has 2 aromatic rings. The van der Waals surface area contributed by atoms with Crippen molar-refractivity contribution in [3.8, 4) is 0 Å². The Morgan fingerprint density at radius 3 is 2.33 bits per heavy atom. The molecule has 0 spiro atoms. The van der Waals surface area contributed by atoms with E-state index in [1.165, 1.54) is 21.6 Å². The highest BCUT2D eigenvalue weighted by molar-refractivity contribution is 7.99. The average Bonchev–Trinajstić information content (AvgIpc) is 2.41. The zero-order valence-corrected chi connectivity index (χ0v) is 11.7. The van der Waals surface area contributed by atoms with E-state index in [4.69, 9.17) is 5.73 Å². The van der Waals surface area contributed by atoms with Crippen molar-refractivity contribution in [2.24, 2.45) is 5.73 Å². The number of thioether (sulfide) groups is 1. The summed E-state index contributed by atoms with van der Waals surface area (Å²) in [6.07, 6.45) is 0. The van der Waals surface area contributed by atoms with Crippen molar-refractivity contribution in [2.75, 3.05) is 6.54 Å². The number of benzene rings is 2. The third-order valence-corrected chi connectivity index (χ3v) is 4.42. The second-order valence-electron chi connectivity index (χ2n) is 4.50. The fourth-order valence-corrected chi connectivity index (χ4v) is 2.98. The Balaban J connectivity index is 2.18. The van der Waals surface area contributed by atoms with Crippen LogP contribution in [0.1, 0.15) is 21.9 Å². The van der Waals surface area contributed by atoms with Crippen LogP contribution in [0.2, 0.25) is 0 Å². The molecule has 0 amide bonds. The van der Waals surface area contributed by atoms with E-state index in [1.807, 2.05) is 17.8 Å². The maximum absolute atomic E-state index is 5.90. The zero-order valence-electron chi connectivity index (χ0n) is 10.9. The second-order valence-corrected chi connectivity index (χ2v) is 5.78. The summed E-state index contributed by atoms with van der Waals surface area (Å²) in [7, 11) is 0. The fraction of sp³-hybridized carbons (Fsp3) is 0.250. The Kier molecular flexibility index (Phi) is 4.45. The third-order valence-electron chi connectivity index (χ3n) is 3.14. The molecule has 94 valence electrons. The van der Waals surface area contributed by atoms with Crippen LogP contribution in [-0.2, 0) is 0 Å². The van der Waals surface area contributed by atoms with E-state index < -0.39 is 0 Å². The van der Waals surface area contributed by atoms with E-state index in [2.05, 4.69) is 56.3 Å². The molecule has 0 fully saturated rings. The highest BCUT2D eigenvalue weighted by Gasteiger charge is 2.11. The number of aryl methyl sites for hydroxylation is 2. The van der Waals surface area contributed by atoms with Crippen LogP contribution in [0.4, 0.5) is 0 Å². The molecule has 18 heavy (non-hydrogen) atoms. The van der Waals surface area contributed by atoms with Crippen molar-refractivity contribution < 1.29 is 0 Å². The summed E-state index contributed by atoms with van der Waals surface area (Å²) in [5.74, 6) is 0. The van der Waals surface area contributed by atoms with Gasteiger partial charge in [-0.3, -0.25) is 0 Å². The van der Waals surface area contributed by atoms with Gasteiger partial charge in [0.1, 0.15) is 0 Å². The van der Waals surface area contributed by atoms with Crippen LogP contribution >= 0.6 is 11.8 Å². The smallest absolute Gasteiger partial charge is 0.0466 e. The van der Waals surface area contributed by atoms with Crippen molar-refractivity contribution in [2.45, 2.75) is 24.0 Å². The average molecular weight is 257 g/mol. The molecule has 0 aliphatic heterocycles. The quantitative estimate of drug-likeness (QED) is 0.835. The summed E-state index contributed by atoms with van der Waals surface area (Å²) < 4.78 is 0. The van der Waals surface area contributed by atoms with Gasteiger partial charge in [-0.25, -0.2) is 0 Å². The molecular weight excluding hydrogens is 238 g/mol. The van der Waals surface area contributed by atoms with Gasteiger partial charge in [-0.2, -0.15) is 0 Å². The van der Waals surface area contributed by atoms with E-state index in [0.717, 1.165) is 0 Å². The van der Waals surface area contributed by atoms with Gasteiger partial charge in [0, 0.05) is 16.7 Å². The summed E-state index contributed by atoms with van der Waals surface area (Å²) in [5, 5.41) is 0.327. The lowest BCUT2D eigenvalue weighted by atomic mass is 10.1.